The van der Waals surface area contributed by atoms with E-state index in [2.05, 4.69) is 4.98 Å². The second-order valence-corrected chi connectivity index (χ2v) is 6.53. The molecule has 0 aliphatic heterocycles. The summed E-state index contributed by atoms with van der Waals surface area (Å²) >= 11 is 0. The van der Waals surface area contributed by atoms with Crippen LogP contribution in [0.5, 0.6) is 0 Å². The van der Waals surface area contributed by atoms with Gasteiger partial charge in [-0.3, -0.25) is 14.3 Å². The second kappa shape index (κ2) is 7.31. The fourth-order valence-corrected chi connectivity index (χ4v) is 3.45. The Balaban J connectivity index is 2.16. The van der Waals surface area contributed by atoms with E-state index >= 15 is 0 Å². The molecular weight excluding hydrogens is 371 g/mol. The molecule has 0 atom stereocenters. The predicted molar refractivity (Wildman–Crippen MR) is 109 cm³/mol. The Labute approximate surface area is 166 Å². The SMILES string of the molecule is COC(=O)c1c(C)nc2ccn(-c3ccccc3)c(=O)c2c1-c1ccc(F)cc1. The molecule has 2 heterocycles. The van der Waals surface area contributed by atoms with E-state index in [1.807, 2.05) is 30.3 Å². The van der Waals surface area contributed by atoms with Gasteiger partial charge in [-0.05, 0) is 42.8 Å². The van der Waals surface area contributed by atoms with Crippen LogP contribution in [-0.4, -0.2) is 22.6 Å². The summed E-state index contributed by atoms with van der Waals surface area (Å²) < 4.78 is 20.0. The van der Waals surface area contributed by atoms with Crippen LogP contribution in [0.1, 0.15) is 16.1 Å². The zero-order chi connectivity index (χ0) is 20.5. The number of rotatable bonds is 3. The molecule has 5 nitrogen and oxygen atoms in total. The Morgan fingerprint density at radius 3 is 2.38 bits per heavy atom. The number of esters is 1. The molecule has 0 fully saturated rings. The molecule has 0 aliphatic carbocycles. The maximum Gasteiger partial charge on any atom is 0.340 e. The van der Waals surface area contributed by atoms with Crippen LogP contribution in [0.2, 0.25) is 0 Å². The van der Waals surface area contributed by atoms with E-state index in [1.165, 1.54) is 35.9 Å². The van der Waals surface area contributed by atoms with E-state index in [1.54, 1.807) is 19.2 Å². The lowest BCUT2D eigenvalue weighted by atomic mass is 9.95. The number of hydrogen-bond donors (Lipinski definition) is 0. The van der Waals surface area contributed by atoms with E-state index in [4.69, 9.17) is 4.74 Å². The molecule has 0 saturated carbocycles. The van der Waals surface area contributed by atoms with Crippen molar-refractivity contribution >= 4 is 16.9 Å². The number of aryl methyl sites for hydroxylation is 1. The molecule has 6 heteroatoms. The summed E-state index contributed by atoms with van der Waals surface area (Å²) in [6, 6.07) is 16.5. The van der Waals surface area contributed by atoms with Crippen molar-refractivity contribution < 1.29 is 13.9 Å². The minimum absolute atomic E-state index is 0.189. The highest BCUT2D eigenvalue weighted by molar-refractivity contribution is 6.07. The third kappa shape index (κ3) is 3.18. The van der Waals surface area contributed by atoms with Gasteiger partial charge >= 0.3 is 5.97 Å². The number of para-hydroxylation sites is 1. The van der Waals surface area contributed by atoms with Gasteiger partial charge in [-0.15, -0.1) is 0 Å². The largest absolute Gasteiger partial charge is 0.465 e. The standard InChI is InChI=1S/C23H17FN2O3/c1-14-19(23(28)29-2)20(15-8-10-16(24)11-9-15)21-18(25-14)12-13-26(22(21)27)17-6-4-3-5-7-17/h3-13H,1-2H3. The van der Waals surface area contributed by atoms with Gasteiger partial charge in [0.15, 0.2) is 0 Å². The van der Waals surface area contributed by atoms with Gasteiger partial charge in [0.1, 0.15) is 5.82 Å². The second-order valence-electron chi connectivity index (χ2n) is 6.53. The third-order valence-electron chi connectivity index (χ3n) is 4.78. The predicted octanol–water partition coefficient (Wildman–Crippen LogP) is 4.29. The van der Waals surface area contributed by atoms with E-state index in [0.717, 1.165) is 0 Å². The third-order valence-corrected chi connectivity index (χ3v) is 4.78. The minimum Gasteiger partial charge on any atom is -0.465 e. The van der Waals surface area contributed by atoms with Crippen molar-refractivity contribution in [1.82, 2.24) is 9.55 Å². The molecule has 4 rings (SSSR count). The van der Waals surface area contributed by atoms with Crippen LogP contribution in [0.25, 0.3) is 27.7 Å². The number of hydrogen-bond acceptors (Lipinski definition) is 4. The Kier molecular flexibility index (Phi) is 4.68. The summed E-state index contributed by atoms with van der Waals surface area (Å²) in [5.41, 5.74) is 2.34. The van der Waals surface area contributed by atoms with Crippen LogP contribution in [0.4, 0.5) is 4.39 Å². The summed E-state index contributed by atoms with van der Waals surface area (Å²) in [4.78, 5) is 30.5. The first-order chi connectivity index (χ1) is 14.0. The fourth-order valence-electron chi connectivity index (χ4n) is 3.45. The summed E-state index contributed by atoms with van der Waals surface area (Å²) in [5.74, 6) is -1.02. The van der Waals surface area contributed by atoms with Crippen molar-refractivity contribution in [2.45, 2.75) is 6.92 Å². The van der Waals surface area contributed by atoms with Gasteiger partial charge in [0.25, 0.3) is 5.56 Å². The fraction of sp³-hybridized carbons (Fsp3) is 0.0870. The molecule has 2 aromatic heterocycles. The minimum atomic E-state index is -0.606. The van der Waals surface area contributed by atoms with Crippen molar-refractivity contribution in [3.63, 3.8) is 0 Å². The highest BCUT2D eigenvalue weighted by Crippen LogP contribution is 2.32. The number of halogens is 1. The molecule has 144 valence electrons. The number of fused-ring (bicyclic) bond motifs is 1. The zero-order valence-corrected chi connectivity index (χ0v) is 15.8. The maximum absolute atomic E-state index is 13.5. The van der Waals surface area contributed by atoms with Crippen molar-refractivity contribution in [2.75, 3.05) is 7.11 Å². The first kappa shape index (κ1) is 18.6. The molecule has 0 unspecified atom stereocenters. The van der Waals surface area contributed by atoms with E-state index in [9.17, 15) is 14.0 Å². The summed E-state index contributed by atoms with van der Waals surface area (Å²) in [6.45, 7) is 1.68. The lowest BCUT2D eigenvalue weighted by molar-refractivity contribution is 0.0600. The lowest BCUT2D eigenvalue weighted by Crippen LogP contribution is -2.20. The van der Waals surface area contributed by atoms with Gasteiger partial charge in [0.05, 0.1) is 29.3 Å². The smallest absolute Gasteiger partial charge is 0.340 e. The van der Waals surface area contributed by atoms with Crippen LogP contribution in [0.15, 0.2) is 71.7 Å². The lowest BCUT2D eigenvalue weighted by Gasteiger charge is -2.15. The van der Waals surface area contributed by atoms with Gasteiger partial charge in [0, 0.05) is 17.4 Å². The van der Waals surface area contributed by atoms with Gasteiger partial charge in [-0.25, -0.2) is 9.18 Å². The number of ether oxygens (including phenoxy) is 1. The van der Waals surface area contributed by atoms with E-state index in [-0.39, 0.29) is 16.5 Å². The van der Waals surface area contributed by atoms with Crippen LogP contribution < -0.4 is 5.56 Å². The Morgan fingerprint density at radius 1 is 1.03 bits per heavy atom. The van der Waals surface area contributed by atoms with Crippen molar-refractivity contribution in [2.24, 2.45) is 0 Å². The van der Waals surface area contributed by atoms with E-state index < -0.39 is 11.8 Å². The molecule has 0 saturated heterocycles. The van der Waals surface area contributed by atoms with Crippen molar-refractivity contribution in [1.29, 1.82) is 0 Å². The number of nitrogens with zero attached hydrogens (tertiary/aromatic N) is 2. The highest BCUT2D eigenvalue weighted by Gasteiger charge is 2.23. The maximum atomic E-state index is 13.5. The van der Waals surface area contributed by atoms with Gasteiger partial charge in [-0.1, -0.05) is 30.3 Å². The van der Waals surface area contributed by atoms with Gasteiger partial charge in [0.2, 0.25) is 0 Å². The van der Waals surface area contributed by atoms with Crippen LogP contribution in [-0.2, 0) is 4.74 Å². The van der Waals surface area contributed by atoms with Crippen molar-refractivity contribution in [3.05, 3.63) is 94.3 Å². The molecule has 0 amide bonds. The first-order valence-electron chi connectivity index (χ1n) is 8.97. The molecule has 0 spiro atoms. The number of pyridine rings is 2. The number of carbonyl (C=O) groups is 1. The molecular formula is C23H17FN2O3. The summed E-state index contributed by atoms with van der Waals surface area (Å²) in [6.07, 6.45) is 1.65. The normalized spacial score (nSPS) is 10.9. The number of methoxy groups -OCH3 is 1. The molecule has 0 radical (unpaired) electrons. The van der Waals surface area contributed by atoms with Gasteiger partial charge < -0.3 is 4.74 Å². The molecule has 0 aliphatic rings. The first-order valence-corrected chi connectivity index (χ1v) is 8.97. The average molecular weight is 388 g/mol. The van der Waals surface area contributed by atoms with Gasteiger partial charge in [-0.2, -0.15) is 0 Å². The number of benzene rings is 2. The van der Waals surface area contributed by atoms with Crippen molar-refractivity contribution in [3.8, 4) is 16.8 Å². The monoisotopic (exact) mass is 388 g/mol. The van der Waals surface area contributed by atoms with E-state index in [0.29, 0.717) is 28.0 Å². The van der Waals surface area contributed by atoms with Crippen LogP contribution >= 0.6 is 0 Å². The summed E-state index contributed by atoms with van der Waals surface area (Å²) in [5, 5.41) is 0.272. The Hall–Kier alpha value is -3.80. The average Bonchev–Trinajstić information content (AvgIpc) is 2.74. The molecule has 0 bridgehead atoms. The molecule has 29 heavy (non-hydrogen) atoms. The molecule has 0 N–H and O–H groups in total. The molecule has 4 aromatic rings. The molecule has 2 aromatic carbocycles. The quantitative estimate of drug-likeness (QED) is 0.491. The summed E-state index contributed by atoms with van der Waals surface area (Å²) in [7, 11) is 1.27. The number of aromatic nitrogens is 2. The zero-order valence-electron chi connectivity index (χ0n) is 15.8. The highest BCUT2D eigenvalue weighted by atomic mass is 19.1. The van der Waals surface area contributed by atoms with Crippen LogP contribution in [0, 0.1) is 12.7 Å². The number of carbonyl (C=O) groups excluding carboxylic acids is 1. The van der Waals surface area contributed by atoms with Crippen LogP contribution in [0.3, 0.4) is 0 Å². The Morgan fingerprint density at radius 2 is 1.72 bits per heavy atom. The topological polar surface area (TPSA) is 61.2 Å². The Bertz CT molecular complexity index is 1280.